The summed E-state index contributed by atoms with van der Waals surface area (Å²) in [7, 11) is 0. The minimum atomic E-state index is -0.0352. The van der Waals surface area contributed by atoms with Crippen LogP contribution in [0.2, 0.25) is 0 Å². The van der Waals surface area contributed by atoms with E-state index in [-0.39, 0.29) is 11.1 Å². The highest BCUT2D eigenvalue weighted by Gasteiger charge is 2.32. The molecular weight excluding hydrogens is 393 g/mol. The zero-order valence-electron chi connectivity index (χ0n) is 16.1. The summed E-state index contributed by atoms with van der Waals surface area (Å²) in [5.74, 6) is 0. The molecule has 136 valence electrons. The van der Waals surface area contributed by atoms with E-state index in [1.165, 1.54) is 22.4 Å². The molecule has 3 heteroatoms. The zero-order chi connectivity index (χ0) is 19.3. The van der Waals surface area contributed by atoms with Gasteiger partial charge in [0.2, 0.25) is 0 Å². The van der Waals surface area contributed by atoms with Crippen LogP contribution in [0.4, 0.5) is 5.69 Å². The van der Waals surface area contributed by atoms with Gasteiger partial charge >= 0.3 is 5.67 Å². The fraction of sp³-hybridized carbons (Fsp3) is 0.167. The van der Waals surface area contributed by atoms with Crippen LogP contribution < -0.4 is 10.3 Å². The Labute approximate surface area is 171 Å². The van der Waals surface area contributed by atoms with Gasteiger partial charge < -0.3 is 4.81 Å². The Morgan fingerprint density at radius 1 is 0.778 bits per heavy atom. The summed E-state index contributed by atoms with van der Waals surface area (Å²) < 4.78 is 0. The van der Waals surface area contributed by atoms with Crippen LogP contribution in [0.25, 0.3) is 6.08 Å². The van der Waals surface area contributed by atoms with Gasteiger partial charge in [0.25, 0.3) is 0 Å². The van der Waals surface area contributed by atoms with E-state index < -0.39 is 0 Å². The highest BCUT2D eigenvalue weighted by molar-refractivity contribution is 9.25. The molecule has 27 heavy (non-hydrogen) atoms. The van der Waals surface area contributed by atoms with E-state index in [4.69, 9.17) is 0 Å². The number of nitrogens with zero attached hydrogens (tertiary/aromatic N) is 1. The second-order valence-corrected chi connectivity index (χ2v) is 8.51. The molecule has 3 aromatic carbocycles. The highest BCUT2D eigenvalue weighted by Crippen LogP contribution is 2.35. The maximum Gasteiger partial charge on any atom is 0.371 e. The molecule has 0 bridgehead atoms. The third-order valence-corrected chi connectivity index (χ3v) is 5.40. The lowest BCUT2D eigenvalue weighted by Crippen LogP contribution is -2.46. The molecule has 0 amide bonds. The van der Waals surface area contributed by atoms with Crippen molar-refractivity contribution in [3.8, 4) is 0 Å². The number of anilines is 1. The summed E-state index contributed by atoms with van der Waals surface area (Å²) in [6, 6.07) is 31.7. The SMILES string of the molecule is CC(C)(C)/C(=C/c1ccccc1)N(B(Br)c1ccccc1)c1ccccc1. The summed E-state index contributed by atoms with van der Waals surface area (Å²) >= 11 is 3.98. The van der Waals surface area contributed by atoms with Crippen molar-refractivity contribution in [2.24, 2.45) is 5.41 Å². The number of hydrogen-bond acceptors (Lipinski definition) is 1. The molecule has 0 aliphatic heterocycles. The Bertz CT molecular complexity index is 871. The van der Waals surface area contributed by atoms with Crippen LogP contribution in [0, 0.1) is 5.41 Å². The normalized spacial score (nSPS) is 11.9. The van der Waals surface area contributed by atoms with Gasteiger partial charge in [-0.05, 0) is 29.2 Å². The van der Waals surface area contributed by atoms with Crippen molar-refractivity contribution < 1.29 is 0 Å². The molecule has 1 nitrogen and oxygen atoms in total. The standard InChI is InChI=1S/C24H25BBrN/c1-24(2,3)23(19-20-13-7-4-8-14-20)27(22-17-11-6-12-18-22)25(26)21-15-9-5-10-16-21/h4-19H,1-3H3/b23-19-. The average Bonchev–Trinajstić information content (AvgIpc) is 2.69. The second-order valence-electron chi connectivity index (χ2n) is 7.64. The summed E-state index contributed by atoms with van der Waals surface area (Å²) in [5, 5.41) is 0. The van der Waals surface area contributed by atoms with Crippen LogP contribution >= 0.6 is 15.8 Å². The van der Waals surface area contributed by atoms with Crippen molar-refractivity contribution in [2.75, 3.05) is 4.81 Å². The molecule has 0 heterocycles. The predicted octanol–water partition coefficient (Wildman–Crippen LogP) is 6.37. The van der Waals surface area contributed by atoms with Crippen LogP contribution in [-0.4, -0.2) is 5.67 Å². The van der Waals surface area contributed by atoms with Crippen LogP contribution in [-0.2, 0) is 0 Å². The second kappa shape index (κ2) is 8.62. The number of para-hydroxylation sites is 1. The van der Waals surface area contributed by atoms with Gasteiger partial charge in [0.1, 0.15) is 0 Å². The van der Waals surface area contributed by atoms with Crippen LogP contribution in [0.15, 0.2) is 96.7 Å². The first-order valence-corrected chi connectivity index (χ1v) is 10.2. The van der Waals surface area contributed by atoms with E-state index in [2.05, 4.69) is 138 Å². The van der Waals surface area contributed by atoms with E-state index in [0.29, 0.717) is 0 Å². The van der Waals surface area contributed by atoms with Crippen LogP contribution in [0.1, 0.15) is 26.3 Å². The minimum Gasteiger partial charge on any atom is -0.374 e. The van der Waals surface area contributed by atoms with Gasteiger partial charge in [0, 0.05) is 16.8 Å². The van der Waals surface area contributed by atoms with Crippen molar-refractivity contribution in [3.63, 3.8) is 0 Å². The van der Waals surface area contributed by atoms with Crippen LogP contribution in [0.3, 0.4) is 0 Å². The molecular formula is C24H25BBrN. The summed E-state index contributed by atoms with van der Waals surface area (Å²) in [6.07, 6.45) is 2.30. The Balaban J connectivity index is 2.16. The van der Waals surface area contributed by atoms with Gasteiger partial charge in [-0.15, -0.1) is 15.8 Å². The number of benzene rings is 3. The molecule has 0 aromatic heterocycles. The van der Waals surface area contributed by atoms with Crippen LogP contribution in [0.5, 0.6) is 0 Å². The van der Waals surface area contributed by atoms with E-state index >= 15 is 0 Å². The molecule has 0 aliphatic rings. The molecule has 0 saturated heterocycles. The van der Waals surface area contributed by atoms with E-state index in [1.807, 2.05) is 0 Å². The first-order chi connectivity index (χ1) is 13.0. The van der Waals surface area contributed by atoms with Gasteiger partial charge in [0.15, 0.2) is 0 Å². The Hall–Kier alpha value is -2.26. The Morgan fingerprint density at radius 3 is 1.78 bits per heavy atom. The third kappa shape index (κ3) is 4.93. The number of rotatable bonds is 5. The topological polar surface area (TPSA) is 3.24 Å². The molecule has 0 saturated carbocycles. The largest absolute Gasteiger partial charge is 0.374 e. The quantitative estimate of drug-likeness (QED) is 0.436. The third-order valence-electron chi connectivity index (χ3n) is 4.47. The maximum absolute atomic E-state index is 3.98. The zero-order valence-corrected chi connectivity index (χ0v) is 17.7. The lowest BCUT2D eigenvalue weighted by molar-refractivity contribution is 0.502. The number of allylic oxidation sites excluding steroid dienone is 1. The van der Waals surface area contributed by atoms with E-state index in [9.17, 15) is 0 Å². The lowest BCUT2D eigenvalue weighted by atomic mass is 9.75. The van der Waals surface area contributed by atoms with Crippen molar-refractivity contribution >= 4 is 38.7 Å². The molecule has 0 N–H and O–H groups in total. The summed E-state index contributed by atoms with van der Waals surface area (Å²) in [5.41, 5.74) is 4.86. The first-order valence-electron chi connectivity index (χ1n) is 9.27. The number of hydrogen-bond donors (Lipinski definition) is 0. The highest BCUT2D eigenvalue weighted by atomic mass is 79.9. The minimum absolute atomic E-state index is 0.0352. The molecule has 0 spiro atoms. The Morgan fingerprint density at radius 2 is 1.26 bits per heavy atom. The van der Waals surface area contributed by atoms with Gasteiger partial charge in [-0.1, -0.05) is 99.6 Å². The fourth-order valence-corrected chi connectivity index (χ4v) is 3.86. The average molecular weight is 418 g/mol. The molecule has 3 aromatic rings. The first kappa shape index (κ1) is 19.5. The van der Waals surface area contributed by atoms with Gasteiger partial charge in [-0.3, -0.25) is 0 Å². The van der Waals surface area contributed by atoms with Gasteiger partial charge in [-0.25, -0.2) is 0 Å². The molecule has 0 aliphatic carbocycles. The molecule has 0 radical (unpaired) electrons. The van der Waals surface area contributed by atoms with Gasteiger partial charge in [-0.2, -0.15) is 0 Å². The monoisotopic (exact) mass is 417 g/mol. The van der Waals surface area contributed by atoms with Crippen molar-refractivity contribution in [3.05, 3.63) is 102 Å². The lowest BCUT2D eigenvalue weighted by Gasteiger charge is -2.38. The molecule has 0 unspecified atom stereocenters. The Kier molecular flexibility index (Phi) is 6.23. The van der Waals surface area contributed by atoms with Crippen molar-refractivity contribution in [1.82, 2.24) is 0 Å². The van der Waals surface area contributed by atoms with Crippen molar-refractivity contribution in [2.45, 2.75) is 20.8 Å². The molecule has 0 atom stereocenters. The number of halogens is 1. The summed E-state index contributed by atoms with van der Waals surface area (Å²) in [6.45, 7) is 6.80. The van der Waals surface area contributed by atoms with E-state index in [0.717, 1.165) is 0 Å². The molecule has 0 fully saturated rings. The smallest absolute Gasteiger partial charge is 0.371 e. The van der Waals surface area contributed by atoms with E-state index in [1.54, 1.807) is 0 Å². The fourth-order valence-electron chi connectivity index (χ4n) is 3.10. The van der Waals surface area contributed by atoms with Crippen molar-refractivity contribution in [1.29, 1.82) is 0 Å². The summed E-state index contributed by atoms with van der Waals surface area (Å²) in [4.78, 5) is 2.39. The maximum atomic E-state index is 3.98. The molecule has 3 rings (SSSR count). The van der Waals surface area contributed by atoms with Gasteiger partial charge in [0.05, 0.1) is 0 Å². The predicted molar refractivity (Wildman–Crippen MR) is 124 cm³/mol.